The van der Waals surface area contributed by atoms with Crippen LogP contribution >= 0.6 is 15.9 Å². The van der Waals surface area contributed by atoms with Crippen molar-refractivity contribution in [3.05, 3.63) is 76.5 Å². The molecule has 5 nitrogen and oxygen atoms in total. The lowest BCUT2D eigenvalue weighted by molar-refractivity contribution is -0.112. The van der Waals surface area contributed by atoms with Crippen molar-refractivity contribution in [3.8, 4) is 23.1 Å². The van der Waals surface area contributed by atoms with Crippen LogP contribution in [-0.2, 0) is 4.79 Å². The summed E-state index contributed by atoms with van der Waals surface area (Å²) in [4.78, 5) is 12.4. The first-order chi connectivity index (χ1) is 13.6. The average Bonchev–Trinajstić information content (AvgIpc) is 3.16. The van der Waals surface area contributed by atoms with Crippen molar-refractivity contribution in [2.24, 2.45) is 0 Å². The van der Waals surface area contributed by atoms with Crippen LogP contribution in [0.4, 0.5) is 5.69 Å². The van der Waals surface area contributed by atoms with Crippen LogP contribution in [0.5, 0.6) is 5.75 Å². The topological polar surface area (TPSA) is 75.3 Å². The quantitative estimate of drug-likeness (QED) is 0.399. The molecule has 0 spiro atoms. The fraction of sp³-hybridized carbons (Fsp3) is 0.0909. The number of halogens is 1. The second kappa shape index (κ2) is 9.07. The molecule has 6 heteroatoms. The maximum atomic E-state index is 12.4. The van der Waals surface area contributed by atoms with Gasteiger partial charge < -0.3 is 14.5 Å². The molecule has 0 aliphatic rings. The molecule has 2 aromatic carbocycles. The van der Waals surface area contributed by atoms with Crippen LogP contribution in [0.3, 0.4) is 0 Å². The molecule has 0 saturated carbocycles. The summed E-state index contributed by atoms with van der Waals surface area (Å²) in [5, 5.41) is 12.1. The molecule has 0 atom stereocenters. The number of nitrogens with one attached hydrogen (secondary N) is 1. The fourth-order valence-corrected chi connectivity index (χ4v) is 2.78. The number of nitrogens with zero attached hydrogens (tertiary/aromatic N) is 1. The van der Waals surface area contributed by atoms with Crippen molar-refractivity contribution in [2.75, 3.05) is 11.9 Å². The molecular formula is C22H17BrN2O3. The predicted molar refractivity (Wildman–Crippen MR) is 112 cm³/mol. The van der Waals surface area contributed by atoms with E-state index in [4.69, 9.17) is 9.15 Å². The van der Waals surface area contributed by atoms with E-state index in [0.29, 0.717) is 29.6 Å². The highest BCUT2D eigenvalue weighted by molar-refractivity contribution is 9.10. The Hall–Kier alpha value is -3.30. The van der Waals surface area contributed by atoms with E-state index in [-0.39, 0.29) is 5.57 Å². The molecule has 3 aromatic rings. The minimum Gasteiger partial charge on any atom is -0.494 e. The van der Waals surface area contributed by atoms with Gasteiger partial charge in [-0.25, -0.2) is 0 Å². The van der Waals surface area contributed by atoms with E-state index in [2.05, 4.69) is 21.2 Å². The highest BCUT2D eigenvalue weighted by Crippen LogP contribution is 2.25. The number of rotatable bonds is 6. The molecular weight excluding hydrogens is 420 g/mol. The van der Waals surface area contributed by atoms with Gasteiger partial charge in [0.15, 0.2) is 0 Å². The number of anilines is 1. The van der Waals surface area contributed by atoms with E-state index in [9.17, 15) is 10.1 Å². The second-order valence-corrected chi connectivity index (χ2v) is 6.71. The molecule has 1 heterocycles. The Morgan fingerprint density at radius 2 is 2.00 bits per heavy atom. The Balaban J connectivity index is 1.76. The monoisotopic (exact) mass is 436 g/mol. The number of carbonyl (C=O) groups is 1. The third-order valence-corrected chi connectivity index (χ3v) is 4.34. The third kappa shape index (κ3) is 4.90. The number of nitriles is 1. The van der Waals surface area contributed by atoms with Gasteiger partial charge in [-0.3, -0.25) is 4.79 Å². The van der Waals surface area contributed by atoms with Crippen LogP contribution in [0.1, 0.15) is 12.7 Å². The van der Waals surface area contributed by atoms with E-state index in [1.54, 1.807) is 36.4 Å². The summed E-state index contributed by atoms with van der Waals surface area (Å²) in [5.41, 5.74) is 1.39. The number of ether oxygens (including phenoxy) is 1. The number of furan rings is 1. The molecule has 0 saturated heterocycles. The van der Waals surface area contributed by atoms with E-state index < -0.39 is 5.91 Å². The molecule has 0 fully saturated rings. The summed E-state index contributed by atoms with van der Waals surface area (Å²) in [6, 6.07) is 20.1. The van der Waals surface area contributed by atoms with Gasteiger partial charge in [-0.05, 0) is 43.3 Å². The first kappa shape index (κ1) is 19.5. The Morgan fingerprint density at radius 3 is 2.71 bits per heavy atom. The van der Waals surface area contributed by atoms with Gasteiger partial charge in [0.1, 0.15) is 28.9 Å². The van der Waals surface area contributed by atoms with Gasteiger partial charge in [0, 0.05) is 27.9 Å². The smallest absolute Gasteiger partial charge is 0.266 e. The van der Waals surface area contributed by atoms with E-state index in [1.807, 2.05) is 37.3 Å². The highest BCUT2D eigenvalue weighted by Gasteiger charge is 2.12. The SMILES string of the molecule is CCOc1cccc(NC(=O)/C(C#N)=C\c2ccc(-c3ccc(Br)cc3)o2)c1. The first-order valence-electron chi connectivity index (χ1n) is 8.61. The van der Waals surface area contributed by atoms with Crippen molar-refractivity contribution in [3.63, 3.8) is 0 Å². The molecule has 28 heavy (non-hydrogen) atoms. The molecule has 1 N–H and O–H groups in total. The molecule has 1 amide bonds. The van der Waals surface area contributed by atoms with Crippen molar-refractivity contribution < 1.29 is 13.9 Å². The van der Waals surface area contributed by atoms with E-state index >= 15 is 0 Å². The summed E-state index contributed by atoms with van der Waals surface area (Å²) in [5.74, 6) is 1.21. The van der Waals surface area contributed by atoms with Gasteiger partial charge in [-0.2, -0.15) is 5.26 Å². The maximum Gasteiger partial charge on any atom is 0.266 e. The van der Waals surface area contributed by atoms with E-state index in [0.717, 1.165) is 10.0 Å². The van der Waals surface area contributed by atoms with Crippen LogP contribution < -0.4 is 10.1 Å². The zero-order valence-corrected chi connectivity index (χ0v) is 16.7. The zero-order chi connectivity index (χ0) is 19.9. The molecule has 0 unspecified atom stereocenters. The van der Waals surface area contributed by atoms with Gasteiger partial charge >= 0.3 is 0 Å². The van der Waals surface area contributed by atoms with Gasteiger partial charge in [-0.15, -0.1) is 0 Å². The number of amides is 1. The van der Waals surface area contributed by atoms with Crippen LogP contribution in [-0.4, -0.2) is 12.5 Å². The standard InChI is InChI=1S/C22H17BrN2O3/c1-2-27-19-5-3-4-18(13-19)25-22(26)16(14-24)12-20-10-11-21(28-20)15-6-8-17(23)9-7-15/h3-13H,2H2,1H3,(H,25,26)/b16-12-. The molecule has 0 aliphatic carbocycles. The van der Waals surface area contributed by atoms with Crippen LogP contribution in [0.25, 0.3) is 17.4 Å². The lowest BCUT2D eigenvalue weighted by Crippen LogP contribution is -2.13. The van der Waals surface area contributed by atoms with Gasteiger partial charge in [0.2, 0.25) is 0 Å². The summed E-state index contributed by atoms with van der Waals surface area (Å²) in [6.45, 7) is 2.41. The van der Waals surface area contributed by atoms with Gasteiger partial charge in [-0.1, -0.05) is 34.1 Å². The zero-order valence-electron chi connectivity index (χ0n) is 15.1. The number of benzene rings is 2. The predicted octanol–water partition coefficient (Wildman–Crippen LogP) is 5.65. The molecule has 0 radical (unpaired) electrons. The largest absolute Gasteiger partial charge is 0.494 e. The normalized spacial score (nSPS) is 11.0. The number of hydrogen-bond donors (Lipinski definition) is 1. The lowest BCUT2D eigenvalue weighted by atomic mass is 10.2. The van der Waals surface area contributed by atoms with Crippen LogP contribution in [0.2, 0.25) is 0 Å². The summed E-state index contributed by atoms with van der Waals surface area (Å²) >= 11 is 3.39. The van der Waals surface area contributed by atoms with Crippen LogP contribution in [0.15, 0.2) is 75.1 Å². The number of hydrogen-bond acceptors (Lipinski definition) is 4. The minimum absolute atomic E-state index is 0.0569. The van der Waals surface area contributed by atoms with Crippen molar-refractivity contribution in [1.82, 2.24) is 0 Å². The van der Waals surface area contributed by atoms with E-state index in [1.165, 1.54) is 6.08 Å². The average molecular weight is 437 g/mol. The maximum absolute atomic E-state index is 12.4. The summed E-state index contributed by atoms with van der Waals surface area (Å²) < 4.78 is 12.1. The Morgan fingerprint density at radius 1 is 1.21 bits per heavy atom. The highest BCUT2D eigenvalue weighted by atomic mass is 79.9. The van der Waals surface area contributed by atoms with Crippen LogP contribution in [0, 0.1) is 11.3 Å². The van der Waals surface area contributed by atoms with Gasteiger partial charge in [0.05, 0.1) is 6.61 Å². The molecule has 0 aliphatic heterocycles. The Bertz CT molecular complexity index is 1050. The second-order valence-electron chi connectivity index (χ2n) is 5.79. The van der Waals surface area contributed by atoms with Crippen molar-refractivity contribution >= 4 is 33.6 Å². The molecule has 0 bridgehead atoms. The minimum atomic E-state index is -0.516. The Kier molecular flexibility index (Phi) is 6.30. The summed E-state index contributed by atoms with van der Waals surface area (Å²) in [7, 11) is 0. The van der Waals surface area contributed by atoms with Crippen molar-refractivity contribution in [1.29, 1.82) is 5.26 Å². The third-order valence-electron chi connectivity index (χ3n) is 3.81. The summed E-state index contributed by atoms with van der Waals surface area (Å²) in [6.07, 6.45) is 1.42. The molecule has 3 rings (SSSR count). The Labute approximate surface area is 171 Å². The molecule has 1 aromatic heterocycles. The van der Waals surface area contributed by atoms with Gasteiger partial charge in [0.25, 0.3) is 5.91 Å². The first-order valence-corrected chi connectivity index (χ1v) is 9.40. The fourth-order valence-electron chi connectivity index (χ4n) is 2.52. The van der Waals surface area contributed by atoms with Crippen molar-refractivity contribution in [2.45, 2.75) is 6.92 Å². The lowest BCUT2D eigenvalue weighted by Gasteiger charge is -2.07. The number of carbonyl (C=O) groups excluding carboxylic acids is 1. The molecule has 140 valence electrons.